The molecule has 8 heteroatoms. The Morgan fingerprint density at radius 1 is 1.14 bits per heavy atom. The number of carbonyl (C=O) groups is 3. The van der Waals surface area contributed by atoms with Gasteiger partial charge in [0.25, 0.3) is 5.91 Å². The van der Waals surface area contributed by atoms with Gasteiger partial charge in [-0.25, -0.2) is 4.79 Å². The monoisotopic (exact) mass is 396 g/mol. The van der Waals surface area contributed by atoms with Gasteiger partial charge in [-0.05, 0) is 62.6 Å². The molecule has 2 aromatic rings. The minimum Gasteiger partial charge on any atom is -0.466 e. The van der Waals surface area contributed by atoms with Crippen molar-refractivity contribution < 1.29 is 18.8 Å². The van der Waals surface area contributed by atoms with E-state index in [1.54, 1.807) is 19.1 Å². The zero-order valence-electron chi connectivity index (χ0n) is 16.3. The van der Waals surface area contributed by atoms with Crippen LogP contribution in [0.3, 0.4) is 0 Å². The summed E-state index contributed by atoms with van der Waals surface area (Å²) in [6.45, 7) is 3.29. The van der Waals surface area contributed by atoms with Gasteiger partial charge in [0, 0.05) is 24.5 Å². The fourth-order valence-corrected chi connectivity index (χ4v) is 3.82. The number of furan rings is 1. The van der Waals surface area contributed by atoms with E-state index in [2.05, 4.69) is 15.5 Å². The van der Waals surface area contributed by atoms with Crippen LogP contribution in [0, 0.1) is 0 Å². The molecule has 2 fully saturated rings. The zero-order valence-corrected chi connectivity index (χ0v) is 16.3. The van der Waals surface area contributed by atoms with E-state index in [0.717, 1.165) is 23.7 Å². The minimum absolute atomic E-state index is 0.326. The summed E-state index contributed by atoms with van der Waals surface area (Å²) < 4.78 is 5.28. The van der Waals surface area contributed by atoms with Crippen LogP contribution in [0.4, 0.5) is 16.2 Å². The highest BCUT2D eigenvalue weighted by molar-refractivity contribution is 6.10. The van der Waals surface area contributed by atoms with E-state index in [1.165, 1.54) is 25.5 Å². The molecule has 3 heterocycles. The van der Waals surface area contributed by atoms with E-state index in [-0.39, 0.29) is 6.54 Å². The van der Waals surface area contributed by atoms with Crippen LogP contribution in [0.2, 0.25) is 0 Å². The third-order valence-corrected chi connectivity index (χ3v) is 5.46. The Labute approximate surface area is 168 Å². The first-order valence-corrected chi connectivity index (χ1v) is 9.80. The normalized spacial score (nSPS) is 22.0. The summed E-state index contributed by atoms with van der Waals surface area (Å²) in [7, 11) is 0. The fourth-order valence-electron chi connectivity index (χ4n) is 3.82. The van der Waals surface area contributed by atoms with Crippen LogP contribution < -0.4 is 15.5 Å². The predicted molar refractivity (Wildman–Crippen MR) is 107 cm³/mol. The van der Waals surface area contributed by atoms with Gasteiger partial charge in [-0.2, -0.15) is 0 Å². The summed E-state index contributed by atoms with van der Waals surface area (Å²) in [5.41, 5.74) is 0.444. The van der Waals surface area contributed by atoms with E-state index in [0.29, 0.717) is 11.4 Å². The Morgan fingerprint density at radius 2 is 1.86 bits per heavy atom. The Balaban J connectivity index is 1.38. The number of imide groups is 1. The first-order valence-electron chi connectivity index (χ1n) is 9.80. The lowest BCUT2D eigenvalue weighted by Crippen LogP contribution is -2.41. The van der Waals surface area contributed by atoms with Crippen molar-refractivity contribution >= 4 is 29.2 Å². The minimum atomic E-state index is -1.31. The van der Waals surface area contributed by atoms with Crippen molar-refractivity contribution in [3.63, 3.8) is 0 Å². The molecule has 0 spiro atoms. The van der Waals surface area contributed by atoms with Crippen molar-refractivity contribution in [1.29, 1.82) is 0 Å². The molecule has 8 nitrogen and oxygen atoms in total. The van der Waals surface area contributed by atoms with Gasteiger partial charge in [-0.1, -0.05) is 0 Å². The average molecular weight is 396 g/mol. The van der Waals surface area contributed by atoms with Crippen molar-refractivity contribution in [3.05, 3.63) is 48.4 Å². The predicted octanol–water partition coefficient (Wildman–Crippen LogP) is 2.68. The van der Waals surface area contributed by atoms with Crippen LogP contribution in [0.1, 0.15) is 31.9 Å². The lowest BCUT2D eigenvalue weighted by molar-refractivity contribution is -0.134. The van der Waals surface area contributed by atoms with Gasteiger partial charge in [-0.15, -0.1) is 0 Å². The summed E-state index contributed by atoms with van der Waals surface area (Å²) in [6, 6.07) is 10.3. The van der Waals surface area contributed by atoms with Crippen molar-refractivity contribution in [1.82, 2.24) is 10.2 Å². The maximum atomic E-state index is 12.7. The summed E-state index contributed by atoms with van der Waals surface area (Å²) in [4.78, 5) is 40.7. The molecule has 2 aliphatic rings. The molecule has 152 valence electrons. The number of piperidine rings is 1. The molecule has 2 saturated heterocycles. The zero-order chi connectivity index (χ0) is 20.4. The van der Waals surface area contributed by atoms with Gasteiger partial charge in [0.05, 0.1) is 6.26 Å². The van der Waals surface area contributed by atoms with Gasteiger partial charge < -0.3 is 20.0 Å². The number of urea groups is 1. The molecule has 0 radical (unpaired) electrons. The molecule has 1 aromatic carbocycles. The standard InChI is InChI=1S/C21H24N4O4/c1-21(17-6-5-13-29-17)19(27)25(20(28)23-21)14-18(26)22-15-7-9-16(10-8-15)24-11-3-2-4-12-24/h5-10,13H,2-4,11-12,14H2,1H3,(H,22,26)(H,23,28). The number of rotatable bonds is 5. The molecular formula is C21H24N4O4. The molecule has 4 rings (SSSR count). The lowest BCUT2D eigenvalue weighted by atomic mass is 9.99. The molecule has 0 bridgehead atoms. The fraction of sp³-hybridized carbons (Fsp3) is 0.381. The average Bonchev–Trinajstić information content (AvgIpc) is 3.34. The number of benzene rings is 1. The van der Waals surface area contributed by atoms with Crippen LogP contribution >= 0.6 is 0 Å². The van der Waals surface area contributed by atoms with Crippen molar-refractivity contribution in [3.8, 4) is 0 Å². The molecule has 1 unspecified atom stereocenters. The summed E-state index contributed by atoms with van der Waals surface area (Å²) in [5, 5.41) is 5.35. The molecule has 1 aromatic heterocycles. The Bertz CT molecular complexity index is 903. The molecule has 4 amide bonds. The van der Waals surface area contributed by atoms with Crippen LogP contribution in [0.25, 0.3) is 0 Å². The van der Waals surface area contributed by atoms with E-state index in [9.17, 15) is 14.4 Å². The number of anilines is 2. The highest BCUT2D eigenvalue weighted by Crippen LogP contribution is 2.29. The smallest absolute Gasteiger partial charge is 0.325 e. The SMILES string of the molecule is CC1(c2ccco2)NC(=O)N(CC(=O)Nc2ccc(N3CCCCC3)cc2)C1=O. The molecule has 0 aliphatic carbocycles. The molecule has 0 saturated carbocycles. The number of amides is 4. The number of hydrogen-bond acceptors (Lipinski definition) is 5. The first kappa shape index (κ1) is 19.0. The number of carbonyl (C=O) groups excluding carboxylic acids is 3. The molecule has 1 atom stereocenters. The van der Waals surface area contributed by atoms with Crippen LogP contribution in [-0.4, -0.2) is 42.4 Å². The van der Waals surface area contributed by atoms with Crippen LogP contribution in [0.15, 0.2) is 47.1 Å². The van der Waals surface area contributed by atoms with Gasteiger partial charge in [0.1, 0.15) is 12.3 Å². The lowest BCUT2D eigenvalue weighted by Gasteiger charge is -2.28. The molecule has 2 aliphatic heterocycles. The Kier molecular flexibility index (Phi) is 5.00. The summed E-state index contributed by atoms with van der Waals surface area (Å²) >= 11 is 0. The van der Waals surface area contributed by atoms with Gasteiger partial charge >= 0.3 is 6.03 Å². The second kappa shape index (κ2) is 7.62. The van der Waals surface area contributed by atoms with E-state index >= 15 is 0 Å². The molecular weight excluding hydrogens is 372 g/mol. The third-order valence-electron chi connectivity index (χ3n) is 5.46. The molecule has 29 heavy (non-hydrogen) atoms. The third kappa shape index (κ3) is 3.70. The second-order valence-corrected chi connectivity index (χ2v) is 7.57. The van der Waals surface area contributed by atoms with Crippen molar-refractivity contribution in [2.24, 2.45) is 0 Å². The first-order chi connectivity index (χ1) is 14.0. The summed E-state index contributed by atoms with van der Waals surface area (Å²) in [6.07, 6.45) is 5.10. The van der Waals surface area contributed by atoms with Crippen molar-refractivity contribution in [2.45, 2.75) is 31.7 Å². The Morgan fingerprint density at radius 3 is 2.52 bits per heavy atom. The topological polar surface area (TPSA) is 94.9 Å². The number of nitrogens with zero attached hydrogens (tertiary/aromatic N) is 2. The Hall–Kier alpha value is -3.29. The summed E-state index contributed by atoms with van der Waals surface area (Å²) in [5.74, 6) is -0.636. The number of nitrogens with one attached hydrogen (secondary N) is 2. The van der Waals surface area contributed by atoms with Crippen LogP contribution in [0.5, 0.6) is 0 Å². The quantitative estimate of drug-likeness (QED) is 0.758. The highest BCUT2D eigenvalue weighted by Gasteiger charge is 2.51. The largest absolute Gasteiger partial charge is 0.466 e. The maximum Gasteiger partial charge on any atom is 0.325 e. The maximum absolute atomic E-state index is 12.7. The van der Waals surface area contributed by atoms with Gasteiger partial charge in [-0.3, -0.25) is 14.5 Å². The van der Waals surface area contributed by atoms with Gasteiger partial charge in [0.2, 0.25) is 5.91 Å². The van der Waals surface area contributed by atoms with E-state index in [4.69, 9.17) is 4.42 Å². The van der Waals surface area contributed by atoms with E-state index in [1.807, 2.05) is 24.3 Å². The van der Waals surface area contributed by atoms with Crippen LogP contribution in [-0.2, 0) is 15.1 Å². The van der Waals surface area contributed by atoms with Crippen molar-refractivity contribution in [2.75, 3.05) is 29.9 Å². The molecule has 2 N–H and O–H groups in total. The highest BCUT2D eigenvalue weighted by atomic mass is 16.3. The number of hydrogen-bond donors (Lipinski definition) is 2. The van der Waals surface area contributed by atoms with Gasteiger partial charge in [0.15, 0.2) is 5.54 Å². The van der Waals surface area contributed by atoms with E-state index < -0.39 is 23.4 Å². The second-order valence-electron chi connectivity index (χ2n) is 7.57.